The Hall–Kier alpha value is 0. The second kappa shape index (κ2) is 1.64. The molecule has 0 heteroatoms. The van der Waals surface area contributed by atoms with Gasteiger partial charge in [-0.2, -0.15) is 0 Å². The molecule has 0 aliphatic heterocycles. The lowest BCUT2D eigenvalue weighted by Gasteiger charge is -2.18. The maximum atomic E-state index is 2.62. The largest absolute Gasteiger partial charge is 0.0588 e. The lowest BCUT2D eigenvalue weighted by molar-refractivity contribution is 0.294. The van der Waals surface area contributed by atoms with Gasteiger partial charge in [0.15, 0.2) is 0 Å². The third-order valence-electron chi connectivity index (χ3n) is 8.17. The van der Waals surface area contributed by atoms with Gasteiger partial charge in [-0.25, -0.2) is 0 Å². The van der Waals surface area contributed by atoms with Gasteiger partial charge in [0.25, 0.3) is 0 Å². The minimum atomic E-state index is 0.923. The molecule has 0 saturated heterocycles. The van der Waals surface area contributed by atoms with Crippen molar-refractivity contribution in [2.75, 3.05) is 0 Å². The van der Waals surface area contributed by atoms with E-state index in [1.165, 1.54) is 41.4 Å². The van der Waals surface area contributed by atoms with E-state index in [4.69, 9.17) is 0 Å². The average molecular weight is 200 g/mol. The fourth-order valence-electron chi connectivity index (χ4n) is 7.64. The van der Waals surface area contributed by atoms with Crippen LogP contribution in [0.3, 0.4) is 0 Å². The zero-order chi connectivity index (χ0) is 9.58. The smallest absolute Gasteiger partial charge is 0.0221 e. The summed E-state index contributed by atoms with van der Waals surface area (Å²) in [7, 11) is 0. The molecule has 0 radical (unpaired) electrons. The Bertz CT molecular complexity index is 393. The minimum absolute atomic E-state index is 0.923. The molecule has 0 spiro atoms. The van der Waals surface area contributed by atoms with Crippen LogP contribution in [-0.2, 0) is 0 Å². The van der Waals surface area contributed by atoms with Crippen LogP contribution in [0.15, 0.2) is 0 Å². The summed E-state index contributed by atoms with van der Waals surface area (Å²) in [5, 5.41) is 0. The Labute approximate surface area is 91.8 Å². The summed E-state index contributed by atoms with van der Waals surface area (Å²) in [6, 6.07) is 0. The fourth-order valence-corrected chi connectivity index (χ4v) is 7.64. The van der Waals surface area contributed by atoms with Gasteiger partial charge in [0.1, 0.15) is 0 Å². The highest BCUT2D eigenvalue weighted by molar-refractivity contribution is 5.47. The Morgan fingerprint density at radius 3 is 2.60 bits per heavy atom. The van der Waals surface area contributed by atoms with Crippen LogP contribution >= 0.6 is 0 Å². The van der Waals surface area contributed by atoms with E-state index < -0.39 is 0 Å². The molecule has 9 atom stereocenters. The third kappa shape index (κ3) is 0.508. The second-order valence-electron chi connectivity index (χ2n) is 8.14. The van der Waals surface area contributed by atoms with E-state index in [0.717, 1.165) is 10.8 Å². The SMILES string of the molecule is CC12C3CC4(CC5CCC6CC65)C(C31)C42. The van der Waals surface area contributed by atoms with E-state index in [1.54, 1.807) is 32.1 Å². The van der Waals surface area contributed by atoms with Crippen LogP contribution in [0.5, 0.6) is 0 Å². The summed E-state index contributed by atoms with van der Waals surface area (Å²) in [4.78, 5) is 0. The van der Waals surface area contributed by atoms with Crippen LogP contribution in [0.4, 0.5) is 0 Å². The van der Waals surface area contributed by atoms with Crippen LogP contribution in [0, 0.1) is 52.3 Å². The Morgan fingerprint density at radius 1 is 1.20 bits per heavy atom. The zero-order valence-electron chi connectivity index (χ0n) is 9.58. The van der Waals surface area contributed by atoms with Crippen LogP contribution in [0.25, 0.3) is 0 Å². The summed E-state index contributed by atoms with van der Waals surface area (Å²) < 4.78 is 0. The predicted octanol–water partition coefficient (Wildman–Crippen LogP) is 3.32. The van der Waals surface area contributed by atoms with Crippen molar-refractivity contribution in [3.8, 4) is 0 Å². The van der Waals surface area contributed by atoms with Gasteiger partial charge in [0.05, 0.1) is 0 Å². The van der Waals surface area contributed by atoms with Crippen molar-refractivity contribution in [3.05, 3.63) is 0 Å². The monoisotopic (exact) mass is 200 g/mol. The van der Waals surface area contributed by atoms with Crippen LogP contribution in [0.2, 0.25) is 0 Å². The fraction of sp³-hybridized carbons (Fsp3) is 1.00. The molecular formula is C15H20. The van der Waals surface area contributed by atoms with Crippen molar-refractivity contribution >= 4 is 0 Å². The van der Waals surface area contributed by atoms with Gasteiger partial charge in [0, 0.05) is 0 Å². The van der Waals surface area contributed by atoms with Gasteiger partial charge in [-0.3, -0.25) is 0 Å². The molecule has 7 aliphatic rings. The molecule has 0 amide bonds. The number of hydrogen-bond acceptors (Lipinski definition) is 0. The maximum Gasteiger partial charge on any atom is -0.0221 e. The highest BCUT2D eigenvalue weighted by atomic mass is 15.0. The molecule has 7 fully saturated rings. The van der Waals surface area contributed by atoms with Gasteiger partial charge in [-0.15, -0.1) is 0 Å². The highest BCUT2D eigenvalue weighted by Crippen LogP contribution is 3.04. The van der Waals surface area contributed by atoms with Crippen molar-refractivity contribution in [2.24, 2.45) is 52.3 Å². The first-order valence-electron chi connectivity index (χ1n) is 7.27. The van der Waals surface area contributed by atoms with Crippen molar-refractivity contribution < 1.29 is 0 Å². The normalized spacial score (nSPS) is 83.4. The van der Waals surface area contributed by atoms with Crippen LogP contribution in [0.1, 0.15) is 39.0 Å². The van der Waals surface area contributed by atoms with Crippen LogP contribution < -0.4 is 0 Å². The number of fused-ring (bicyclic) bond motifs is 1. The summed E-state index contributed by atoms with van der Waals surface area (Å²) in [6.07, 6.45) is 8.21. The van der Waals surface area contributed by atoms with Crippen molar-refractivity contribution in [3.63, 3.8) is 0 Å². The quantitative estimate of drug-likeness (QED) is 0.641. The lowest BCUT2D eigenvalue weighted by Crippen LogP contribution is -2.13. The minimum Gasteiger partial charge on any atom is -0.0588 e. The van der Waals surface area contributed by atoms with E-state index in [-0.39, 0.29) is 0 Å². The second-order valence-corrected chi connectivity index (χ2v) is 8.14. The molecule has 7 saturated carbocycles. The van der Waals surface area contributed by atoms with Crippen molar-refractivity contribution in [2.45, 2.75) is 39.0 Å². The van der Waals surface area contributed by atoms with Gasteiger partial charge in [-0.1, -0.05) is 6.92 Å². The molecule has 0 aromatic rings. The Balaban J connectivity index is 1.33. The molecular weight excluding hydrogens is 180 g/mol. The van der Waals surface area contributed by atoms with E-state index >= 15 is 0 Å². The summed E-state index contributed by atoms with van der Waals surface area (Å²) in [5.74, 6) is 8.62. The lowest BCUT2D eigenvalue weighted by atomic mass is 9.86. The molecule has 15 heavy (non-hydrogen) atoms. The third-order valence-corrected chi connectivity index (χ3v) is 8.17. The molecule has 0 N–H and O–H groups in total. The topological polar surface area (TPSA) is 0 Å². The Morgan fingerprint density at radius 2 is 2.13 bits per heavy atom. The molecule has 0 nitrogen and oxygen atoms in total. The zero-order valence-corrected chi connectivity index (χ0v) is 9.58. The molecule has 2 bridgehead atoms. The van der Waals surface area contributed by atoms with Crippen LogP contribution in [-0.4, -0.2) is 0 Å². The summed E-state index contributed by atoms with van der Waals surface area (Å²) in [6.45, 7) is 2.62. The van der Waals surface area contributed by atoms with Crippen molar-refractivity contribution in [1.82, 2.24) is 0 Å². The first-order valence-corrected chi connectivity index (χ1v) is 7.27. The summed E-state index contributed by atoms with van der Waals surface area (Å²) in [5.41, 5.74) is 1.89. The van der Waals surface area contributed by atoms with Gasteiger partial charge in [-0.05, 0) is 84.4 Å². The molecule has 7 rings (SSSR count). The molecule has 80 valence electrons. The Kier molecular flexibility index (Phi) is 0.803. The maximum absolute atomic E-state index is 2.62. The van der Waals surface area contributed by atoms with E-state index in [0.29, 0.717) is 0 Å². The summed E-state index contributed by atoms with van der Waals surface area (Å²) >= 11 is 0. The first-order chi connectivity index (χ1) is 7.27. The highest BCUT2D eigenvalue weighted by Gasteiger charge is 3.00. The molecule has 0 aromatic carbocycles. The first kappa shape index (κ1) is 7.35. The number of rotatable bonds is 2. The average Bonchev–Trinajstić information content (AvgIpc) is 3.08. The van der Waals surface area contributed by atoms with Gasteiger partial charge in [0.2, 0.25) is 0 Å². The molecule has 0 aromatic heterocycles. The standard InChI is InChI=1S/C15H20/c1-14-10-6-15(12(11(10)14)13(14)15)5-8-3-2-7-4-9(7)8/h7-13H,2-6H2,1H3. The number of hydrogen-bond donors (Lipinski definition) is 0. The van der Waals surface area contributed by atoms with E-state index in [9.17, 15) is 0 Å². The molecule has 9 unspecified atom stereocenters. The van der Waals surface area contributed by atoms with Gasteiger partial charge >= 0.3 is 0 Å². The molecule has 7 aliphatic carbocycles. The van der Waals surface area contributed by atoms with E-state index in [1.807, 2.05) is 0 Å². The van der Waals surface area contributed by atoms with Gasteiger partial charge < -0.3 is 0 Å². The van der Waals surface area contributed by atoms with E-state index in [2.05, 4.69) is 6.92 Å². The predicted molar refractivity (Wildman–Crippen MR) is 58.1 cm³/mol. The van der Waals surface area contributed by atoms with Crippen molar-refractivity contribution in [1.29, 1.82) is 0 Å². The molecule has 0 heterocycles.